The number of hydrogen-bond donors (Lipinski definition) is 2. The smallest absolute Gasteiger partial charge is 0.0659 e. The van der Waals surface area contributed by atoms with Gasteiger partial charge in [-0.05, 0) is 72.8 Å². The molecule has 3 aromatic rings. The van der Waals surface area contributed by atoms with Gasteiger partial charge in [0.2, 0.25) is 0 Å². The summed E-state index contributed by atoms with van der Waals surface area (Å²) >= 11 is 0. The molecule has 5 heteroatoms. The summed E-state index contributed by atoms with van der Waals surface area (Å²) < 4.78 is 8.15. The molecular weight excluding hydrogens is 344 g/mol. The average molecular weight is 359 g/mol. The number of H-pyrrole nitrogens is 2. The number of aromatic nitrogens is 4. The molecule has 2 aliphatic heterocycles. The van der Waals surface area contributed by atoms with E-state index in [-0.39, 0.29) is 21.7 Å². The van der Waals surface area contributed by atoms with Crippen molar-refractivity contribution in [3.8, 4) is 0 Å². The summed E-state index contributed by atoms with van der Waals surface area (Å²) in [6.45, 7) is 0. The minimum absolute atomic E-state index is 0. The Hall–Kier alpha value is -2.69. The van der Waals surface area contributed by atoms with E-state index in [0.717, 1.165) is 44.8 Å². The van der Waals surface area contributed by atoms with Crippen LogP contribution in [0, 0.1) is 0 Å². The molecule has 5 heterocycles. The molecule has 0 spiro atoms. The van der Waals surface area contributed by atoms with Crippen molar-refractivity contribution in [1.82, 2.24) is 19.9 Å². The average Bonchev–Trinajstić information content (AvgIpc) is 3.33. The number of nitrogens with one attached hydrogen (secondary N) is 2. The van der Waals surface area contributed by atoms with Gasteiger partial charge in [0.15, 0.2) is 0 Å². The van der Waals surface area contributed by atoms with Gasteiger partial charge in [-0.2, -0.15) is 0 Å². The van der Waals surface area contributed by atoms with E-state index in [2.05, 4.69) is 19.9 Å². The van der Waals surface area contributed by atoms with Gasteiger partial charge < -0.3 is 9.97 Å². The first-order valence-electron chi connectivity index (χ1n) is 8.26. The number of hydrogen-bond acceptors (Lipinski definition) is 2. The van der Waals surface area contributed by atoms with Crippen LogP contribution in [0.2, 0.25) is 0 Å². The second kappa shape index (κ2) is 6.32. The van der Waals surface area contributed by atoms with E-state index < -0.39 is 0 Å². The monoisotopic (exact) mass is 359 g/mol. The number of rotatable bonds is 0. The molecule has 0 radical (unpaired) electrons. The fraction of sp³-hybridized carbons (Fsp3) is 0. The Balaban J connectivity index is 0.00000168. The molecule has 118 valence electrons. The van der Waals surface area contributed by atoms with Gasteiger partial charge in [0.1, 0.15) is 0 Å². The van der Waals surface area contributed by atoms with Gasteiger partial charge in [-0.25, -0.2) is 9.97 Å². The summed E-state index contributed by atoms with van der Waals surface area (Å²) in [5.74, 6) is 0. The molecule has 0 unspecified atom stereocenters. The fourth-order valence-corrected chi connectivity index (χ4v) is 2.87. The summed E-state index contributed by atoms with van der Waals surface area (Å²) in [5.41, 5.74) is 7.04. The van der Waals surface area contributed by atoms with Crippen LogP contribution in [0.1, 0.15) is 24.1 Å². The van der Waals surface area contributed by atoms with Crippen LogP contribution < -0.4 is 0 Å². The summed E-state index contributed by atoms with van der Waals surface area (Å²) in [7, 11) is 0. The predicted octanol–water partition coefficient (Wildman–Crippen LogP) is 4.65. The molecule has 0 aliphatic carbocycles. The molecule has 0 aromatic carbocycles. The van der Waals surface area contributed by atoms with Crippen LogP contribution in [0.3, 0.4) is 0 Å². The van der Waals surface area contributed by atoms with Gasteiger partial charge in [-0.15, -0.1) is 0 Å². The molecular formula is C20H14N4Ti. The number of fused-ring (bicyclic) bond motifs is 8. The van der Waals surface area contributed by atoms with Gasteiger partial charge in [-0.3, -0.25) is 0 Å². The van der Waals surface area contributed by atoms with Crippen molar-refractivity contribution in [2.45, 2.75) is 0 Å². The zero-order valence-corrected chi connectivity index (χ0v) is 14.8. The largest absolute Gasteiger partial charge is 0.355 e. The summed E-state index contributed by atoms with van der Waals surface area (Å²) in [5, 5.41) is 0. The van der Waals surface area contributed by atoms with E-state index in [4.69, 9.17) is 1.37 Å². The first-order chi connectivity index (χ1) is 12.2. The zero-order chi connectivity index (χ0) is 16.8. The Morgan fingerprint density at radius 1 is 0.600 bits per heavy atom. The summed E-state index contributed by atoms with van der Waals surface area (Å²) in [4.78, 5) is 15.8. The van der Waals surface area contributed by atoms with Gasteiger partial charge in [0, 0.05) is 43.8 Å². The topological polar surface area (TPSA) is 57.4 Å². The van der Waals surface area contributed by atoms with Crippen LogP contribution in [-0.2, 0) is 21.7 Å². The Labute approximate surface area is 160 Å². The first kappa shape index (κ1) is 14.6. The zero-order valence-electron chi connectivity index (χ0n) is 14.2. The predicted molar refractivity (Wildman–Crippen MR) is 98.9 cm³/mol. The number of aromatic amines is 2. The van der Waals surface area contributed by atoms with E-state index in [0.29, 0.717) is 6.04 Å². The van der Waals surface area contributed by atoms with Gasteiger partial charge >= 0.3 is 0 Å². The van der Waals surface area contributed by atoms with Crippen molar-refractivity contribution in [3.05, 3.63) is 71.3 Å². The van der Waals surface area contributed by atoms with Crippen molar-refractivity contribution >= 4 is 46.4 Å². The quantitative estimate of drug-likeness (QED) is 0.395. The van der Waals surface area contributed by atoms with E-state index in [1.54, 1.807) is 0 Å². The molecule has 2 N–H and O–H groups in total. The molecule has 0 fully saturated rings. The molecule has 0 saturated heterocycles. The Morgan fingerprint density at radius 2 is 1.08 bits per heavy atom. The van der Waals surface area contributed by atoms with Crippen molar-refractivity contribution < 1.29 is 23.1 Å². The summed E-state index contributed by atoms with van der Waals surface area (Å²) in [6.07, 6.45) is 7.91. The fourth-order valence-electron chi connectivity index (χ4n) is 2.87. The van der Waals surface area contributed by atoms with E-state index >= 15 is 0 Å². The van der Waals surface area contributed by atoms with Gasteiger partial charge in [-0.1, -0.05) is 0 Å². The normalized spacial score (nSPS) is 12.7. The van der Waals surface area contributed by atoms with Crippen LogP contribution in [0.5, 0.6) is 0 Å². The SMILES string of the molecule is [2H]c1cc2cc3nc(cc4nc(cc5ccc(cc1[nH]2)[nH]5)C=C4)C=C3.[Ti]. The first-order valence-corrected chi connectivity index (χ1v) is 7.76. The van der Waals surface area contributed by atoms with Crippen molar-refractivity contribution in [2.75, 3.05) is 0 Å². The van der Waals surface area contributed by atoms with Crippen LogP contribution in [0.4, 0.5) is 0 Å². The minimum atomic E-state index is 0. The molecule has 3 aromatic heterocycles. The third-order valence-electron chi connectivity index (χ3n) is 3.96. The molecule has 5 rings (SSSR count). The maximum atomic E-state index is 8.15. The Bertz CT molecular complexity index is 1220. The van der Waals surface area contributed by atoms with E-state index in [9.17, 15) is 0 Å². The third kappa shape index (κ3) is 3.27. The van der Waals surface area contributed by atoms with Crippen LogP contribution in [-0.4, -0.2) is 19.9 Å². The minimum Gasteiger partial charge on any atom is -0.355 e. The van der Waals surface area contributed by atoms with Crippen LogP contribution in [0.15, 0.2) is 48.5 Å². The summed E-state index contributed by atoms with van der Waals surface area (Å²) in [6, 6.07) is 14.1. The third-order valence-corrected chi connectivity index (χ3v) is 3.96. The maximum absolute atomic E-state index is 8.15. The Kier molecular flexibility index (Phi) is 3.70. The van der Waals surface area contributed by atoms with Crippen molar-refractivity contribution in [1.29, 1.82) is 0 Å². The molecule has 4 nitrogen and oxygen atoms in total. The van der Waals surface area contributed by atoms with Crippen LogP contribution >= 0.6 is 0 Å². The van der Waals surface area contributed by atoms with E-state index in [1.807, 2.05) is 66.8 Å². The molecule has 0 saturated carbocycles. The molecule has 25 heavy (non-hydrogen) atoms. The molecule has 0 amide bonds. The van der Waals surface area contributed by atoms with Gasteiger partial charge in [0.05, 0.1) is 24.1 Å². The van der Waals surface area contributed by atoms with E-state index in [1.165, 1.54) is 0 Å². The molecule has 8 bridgehead atoms. The van der Waals surface area contributed by atoms with Gasteiger partial charge in [0.25, 0.3) is 0 Å². The second-order valence-electron chi connectivity index (χ2n) is 5.82. The molecule has 0 atom stereocenters. The van der Waals surface area contributed by atoms with Crippen molar-refractivity contribution in [2.24, 2.45) is 0 Å². The standard InChI is InChI=1S/C20H14N4.Ti/c1-2-14-10-16-5-6-18(23-16)12-20-8-7-19(24-20)11-17-4-3-15(22-17)9-13(1)21-14;/h1-12,21-22H;/i1D;. The maximum Gasteiger partial charge on any atom is 0.0659 e. The van der Waals surface area contributed by atoms with Crippen LogP contribution in [0.25, 0.3) is 46.4 Å². The Morgan fingerprint density at radius 3 is 1.72 bits per heavy atom. The second-order valence-corrected chi connectivity index (χ2v) is 5.82. The van der Waals surface area contributed by atoms with Crippen molar-refractivity contribution in [3.63, 3.8) is 0 Å². The molecule has 2 aliphatic rings. The number of nitrogens with zero attached hydrogens (tertiary/aromatic N) is 2.